The molecule has 0 amide bonds. The summed E-state index contributed by atoms with van der Waals surface area (Å²) in [4.78, 5) is 8.63. The molecular weight excluding hydrogens is 166 g/mol. The van der Waals surface area contributed by atoms with Crippen molar-refractivity contribution in [3.8, 4) is 0 Å². The fourth-order valence-corrected chi connectivity index (χ4v) is 2.28. The van der Waals surface area contributed by atoms with Crippen molar-refractivity contribution >= 4 is 7.68 Å². The van der Waals surface area contributed by atoms with E-state index in [1.54, 1.807) is 0 Å². The van der Waals surface area contributed by atoms with Gasteiger partial charge in [-0.3, -0.25) is 4.57 Å². The van der Waals surface area contributed by atoms with Gasteiger partial charge in [0, 0.05) is 0 Å². The molecule has 0 bridgehead atoms. The van der Waals surface area contributed by atoms with Crippen molar-refractivity contribution < 1.29 is 13.7 Å². The fourth-order valence-electron chi connectivity index (χ4n) is 1.13. The number of hydrogen-bond acceptors (Lipinski definition) is 1. The Kier molecular flexibility index (Phi) is 4.94. The van der Waals surface area contributed by atoms with E-state index in [9.17, 15) is 8.76 Å². The monoisotopic (exact) mass is 182 g/mol. The molecule has 0 aliphatic carbocycles. The van der Waals surface area contributed by atoms with Gasteiger partial charge in [-0.1, -0.05) is 26.7 Å². The summed E-state index contributed by atoms with van der Waals surface area (Å²) in [5.41, 5.74) is -0.627. The molecule has 0 aliphatic heterocycles. The molecule has 4 heteroatoms. The Morgan fingerprint density at radius 3 is 1.91 bits per heavy atom. The van der Waals surface area contributed by atoms with E-state index in [2.05, 4.69) is 0 Å². The van der Waals surface area contributed by atoms with E-state index in [0.717, 1.165) is 12.8 Å². The lowest BCUT2D eigenvalue weighted by atomic mass is 10.2. The normalized spacial score (nSPS) is 16.8. The Morgan fingerprint density at radius 1 is 1.36 bits per heavy atom. The van der Waals surface area contributed by atoms with Crippen LogP contribution in [0.15, 0.2) is 0 Å². The summed E-state index contributed by atoms with van der Waals surface area (Å²) in [7, 11) is -4.31. The highest BCUT2D eigenvalue weighted by atomic mass is 31.2. The van der Waals surface area contributed by atoms with Crippen molar-refractivity contribution in [1.29, 1.82) is 0 Å². The van der Waals surface area contributed by atoms with E-state index in [0.29, 0.717) is 12.8 Å². The standard InChI is InChI=1S/C7H16FO2P/c1-3-5-7(6-4-2)11(8,9)10/h7H,3-6H2,1-2H3,(H,9,10). The zero-order chi connectivity index (χ0) is 8.91. The molecule has 1 N–H and O–H groups in total. The van der Waals surface area contributed by atoms with Crippen molar-refractivity contribution in [1.82, 2.24) is 0 Å². The number of halogens is 1. The van der Waals surface area contributed by atoms with Crippen LogP contribution < -0.4 is 0 Å². The van der Waals surface area contributed by atoms with Gasteiger partial charge in [-0.25, -0.2) is 0 Å². The first-order valence-corrected chi connectivity index (χ1v) is 5.66. The van der Waals surface area contributed by atoms with Crippen molar-refractivity contribution in [3.05, 3.63) is 0 Å². The Hall–Kier alpha value is 0.120. The highest BCUT2D eigenvalue weighted by Gasteiger charge is 2.28. The molecule has 0 spiro atoms. The van der Waals surface area contributed by atoms with E-state index in [-0.39, 0.29) is 0 Å². The van der Waals surface area contributed by atoms with Crippen molar-refractivity contribution in [2.45, 2.75) is 45.2 Å². The van der Waals surface area contributed by atoms with Crippen LogP contribution in [0.4, 0.5) is 4.20 Å². The van der Waals surface area contributed by atoms with Crippen LogP contribution in [-0.4, -0.2) is 10.6 Å². The lowest BCUT2D eigenvalue weighted by molar-refractivity contribution is 0.401. The molecular formula is C7H16FO2P. The molecule has 0 aromatic rings. The Labute approximate surface area is 67.4 Å². The fraction of sp³-hybridized carbons (Fsp3) is 1.00. The maximum absolute atomic E-state index is 12.5. The molecule has 68 valence electrons. The minimum atomic E-state index is -4.31. The average molecular weight is 182 g/mol. The molecule has 0 heterocycles. The van der Waals surface area contributed by atoms with Crippen LogP contribution in [-0.2, 0) is 4.57 Å². The van der Waals surface area contributed by atoms with Gasteiger partial charge in [-0.05, 0) is 12.8 Å². The van der Waals surface area contributed by atoms with Gasteiger partial charge in [0.15, 0.2) is 0 Å². The predicted molar refractivity (Wildman–Crippen MR) is 44.5 cm³/mol. The summed E-state index contributed by atoms with van der Waals surface area (Å²) in [5.74, 6) is 0. The van der Waals surface area contributed by atoms with Gasteiger partial charge in [0.25, 0.3) is 0 Å². The van der Waals surface area contributed by atoms with Crippen LogP contribution in [0.5, 0.6) is 0 Å². The van der Waals surface area contributed by atoms with E-state index < -0.39 is 13.3 Å². The highest BCUT2D eigenvalue weighted by Crippen LogP contribution is 2.51. The maximum atomic E-state index is 12.5. The molecule has 1 atom stereocenters. The topological polar surface area (TPSA) is 37.3 Å². The van der Waals surface area contributed by atoms with Gasteiger partial charge < -0.3 is 4.89 Å². The summed E-state index contributed by atoms with van der Waals surface area (Å²) >= 11 is 0. The molecule has 0 saturated heterocycles. The average Bonchev–Trinajstić information content (AvgIpc) is 1.85. The van der Waals surface area contributed by atoms with E-state index in [1.165, 1.54) is 0 Å². The van der Waals surface area contributed by atoms with Crippen LogP contribution in [0.2, 0.25) is 0 Å². The second-order valence-electron chi connectivity index (χ2n) is 2.78. The van der Waals surface area contributed by atoms with Crippen molar-refractivity contribution in [2.24, 2.45) is 0 Å². The summed E-state index contributed by atoms with van der Waals surface area (Å²) < 4.78 is 23.1. The highest BCUT2D eigenvalue weighted by molar-refractivity contribution is 7.53. The van der Waals surface area contributed by atoms with Gasteiger partial charge in [0.2, 0.25) is 0 Å². The van der Waals surface area contributed by atoms with Gasteiger partial charge in [-0.2, -0.15) is 4.20 Å². The van der Waals surface area contributed by atoms with Crippen LogP contribution >= 0.6 is 7.68 Å². The number of rotatable bonds is 5. The summed E-state index contributed by atoms with van der Waals surface area (Å²) in [6.07, 6.45) is 2.55. The molecule has 0 aliphatic rings. The molecule has 2 nitrogen and oxygen atoms in total. The smallest absolute Gasteiger partial charge is 0.321 e. The zero-order valence-corrected chi connectivity index (χ0v) is 7.98. The third-order valence-corrected chi connectivity index (χ3v) is 3.11. The lowest BCUT2D eigenvalue weighted by Gasteiger charge is -2.14. The summed E-state index contributed by atoms with van der Waals surface area (Å²) in [5, 5.41) is 0. The molecule has 0 aromatic heterocycles. The maximum Gasteiger partial charge on any atom is 0.368 e. The molecule has 0 rings (SSSR count). The molecule has 0 fully saturated rings. The lowest BCUT2D eigenvalue weighted by Crippen LogP contribution is -2.04. The third-order valence-electron chi connectivity index (χ3n) is 1.69. The van der Waals surface area contributed by atoms with Gasteiger partial charge in [0.1, 0.15) is 0 Å². The van der Waals surface area contributed by atoms with Crippen LogP contribution in [0.25, 0.3) is 0 Å². The molecule has 1 unspecified atom stereocenters. The van der Waals surface area contributed by atoms with Crippen LogP contribution in [0.1, 0.15) is 39.5 Å². The van der Waals surface area contributed by atoms with E-state index in [1.807, 2.05) is 13.8 Å². The minimum Gasteiger partial charge on any atom is -0.321 e. The van der Waals surface area contributed by atoms with Crippen molar-refractivity contribution in [3.63, 3.8) is 0 Å². The van der Waals surface area contributed by atoms with Gasteiger partial charge >= 0.3 is 7.68 Å². The Morgan fingerprint density at radius 2 is 1.73 bits per heavy atom. The van der Waals surface area contributed by atoms with E-state index in [4.69, 9.17) is 4.89 Å². The quantitative estimate of drug-likeness (QED) is 0.663. The SMILES string of the molecule is CCCC(CCC)P(=O)(O)F. The molecule has 0 radical (unpaired) electrons. The van der Waals surface area contributed by atoms with Gasteiger partial charge in [-0.15, -0.1) is 0 Å². The first kappa shape index (κ1) is 11.1. The largest absolute Gasteiger partial charge is 0.368 e. The minimum absolute atomic E-state index is 0.512. The zero-order valence-electron chi connectivity index (χ0n) is 7.09. The second-order valence-corrected chi connectivity index (χ2v) is 4.60. The third kappa shape index (κ3) is 4.54. The van der Waals surface area contributed by atoms with Gasteiger partial charge in [0.05, 0.1) is 5.66 Å². The first-order chi connectivity index (χ1) is 5.02. The van der Waals surface area contributed by atoms with Crippen LogP contribution in [0.3, 0.4) is 0 Å². The number of hydrogen-bond donors (Lipinski definition) is 1. The first-order valence-electron chi connectivity index (χ1n) is 4.04. The molecule has 0 saturated carbocycles. The molecule has 0 aromatic carbocycles. The predicted octanol–water partition coefficient (Wildman–Crippen LogP) is 3.11. The Balaban J connectivity index is 3.99. The second kappa shape index (κ2) is 4.89. The molecule has 11 heavy (non-hydrogen) atoms. The van der Waals surface area contributed by atoms with E-state index >= 15 is 0 Å². The van der Waals surface area contributed by atoms with Crippen LogP contribution in [0, 0.1) is 0 Å². The van der Waals surface area contributed by atoms with Crippen molar-refractivity contribution in [2.75, 3.05) is 0 Å². The summed E-state index contributed by atoms with van der Waals surface area (Å²) in [6.45, 7) is 3.77. The summed E-state index contributed by atoms with van der Waals surface area (Å²) in [6, 6.07) is 0. The Bertz CT molecular complexity index is 137.